The number of aliphatic hydroxyl groups excluding tert-OH is 1. The molecule has 0 saturated carbocycles. The highest BCUT2D eigenvalue weighted by Crippen LogP contribution is 2.15. The summed E-state index contributed by atoms with van der Waals surface area (Å²) >= 11 is 1.63. The second-order valence-electron chi connectivity index (χ2n) is 3.28. The van der Waals surface area contributed by atoms with E-state index in [4.69, 9.17) is 0 Å². The van der Waals surface area contributed by atoms with E-state index in [0.29, 0.717) is 0 Å². The number of nitrogens with zero attached hydrogens (tertiary/aromatic N) is 1. The van der Waals surface area contributed by atoms with Crippen LogP contribution in [-0.4, -0.2) is 22.7 Å². The third-order valence-corrected chi connectivity index (χ3v) is 2.99. The zero-order chi connectivity index (χ0) is 10.4. The van der Waals surface area contributed by atoms with Crippen molar-refractivity contribution in [2.75, 3.05) is 11.9 Å². The summed E-state index contributed by atoms with van der Waals surface area (Å²) in [4.78, 5) is 4.38. The van der Waals surface area contributed by atoms with Gasteiger partial charge in [0.25, 0.3) is 0 Å². The summed E-state index contributed by atoms with van der Waals surface area (Å²) in [5.74, 6) is 0. The minimum atomic E-state index is -0.187. The fourth-order valence-corrected chi connectivity index (χ4v) is 1.92. The fourth-order valence-electron chi connectivity index (χ4n) is 1.10. The molecular formula is C10H18N2OS. The molecule has 0 saturated heterocycles. The van der Waals surface area contributed by atoms with Crippen LogP contribution in [0.1, 0.15) is 32.4 Å². The Hall–Kier alpha value is -0.610. The standard InChI is InChI=1S/C10H18N2OS/c1-3-8-7-14-10(12-8)11-6-5-9(13)4-2/h7,9,13H,3-6H2,1-2H3,(H,11,12). The lowest BCUT2D eigenvalue weighted by Gasteiger charge is -2.07. The van der Waals surface area contributed by atoms with E-state index in [1.165, 1.54) is 0 Å². The smallest absolute Gasteiger partial charge is 0.182 e. The van der Waals surface area contributed by atoms with Gasteiger partial charge in [-0.1, -0.05) is 13.8 Å². The molecule has 1 atom stereocenters. The minimum absolute atomic E-state index is 0.187. The van der Waals surface area contributed by atoms with Gasteiger partial charge in [0.15, 0.2) is 5.13 Å². The topological polar surface area (TPSA) is 45.1 Å². The lowest BCUT2D eigenvalue weighted by molar-refractivity contribution is 0.164. The van der Waals surface area contributed by atoms with Gasteiger partial charge in [0, 0.05) is 11.9 Å². The SMILES string of the molecule is CCc1csc(NCCC(O)CC)n1. The summed E-state index contributed by atoms with van der Waals surface area (Å²) in [5, 5.41) is 15.6. The predicted molar refractivity (Wildman–Crippen MR) is 60.9 cm³/mol. The van der Waals surface area contributed by atoms with Crippen molar-refractivity contribution in [2.45, 2.75) is 39.2 Å². The highest BCUT2D eigenvalue weighted by molar-refractivity contribution is 7.13. The molecule has 0 aliphatic carbocycles. The van der Waals surface area contributed by atoms with Crippen LogP contribution in [0, 0.1) is 0 Å². The molecule has 0 spiro atoms. The van der Waals surface area contributed by atoms with Gasteiger partial charge in [0.1, 0.15) is 0 Å². The maximum absolute atomic E-state index is 9.33. The highest BCUT2D eigenvalue weighted by atomic mass is 32.1. The van der Waals surface area contributed by atoms with Gasteiger partial charge in [0.05, 0.1) is 11.8 Å². The molecule has 0 radical (unpaired) electrons. The number of nitrogens with one attached hydrogen (secondary N) is 1. The van der Waals surface area contributed by atoms with Crippen LogP contribution in [0.3, 0.4) is 0 Å². The molecule has 1 unspecified atom stereocenters. The second-order valence-corrected chi connectivity index (χ2v) is 4.13. The molecule has 0 fully saturated rings. The maximum atomic E-state index is 9.33. The summed E-state index contributed by atoms with van der Waals surface area (Å²) in [5.41, 5.74) is 1.13. The molecule has 0 aliphatic rings. The maximum Gasteiger partial charge on any atom is 0.182 e. The molecule has 1 aromatic heterocycles. The molecule has 4 heteroatoms. The van der Waals surface area contributed by atoms with Crippen LogP contribution in [-0.2, 0) is 6.42 Å². The van der Waals surface area contributed by atoms with Gasteiger partial charge in [-0.25, -0.2) is 4.98 Å². The number of hydrogen-bond donors (Lipinski definition) is 2. The van der Waals surface area contributed by atoms with E-state index < -0.39 is 0 Å². The first kappa shape index (κ1) is 11.5. The van der Waals surface area contributed by atoms with Crippen molar-refractivity contribution in [3.05, 3.63) is 11.1 Å². The van der Waals surface area contributed by atoms with E-state index >= 15 is 0 Å². The number of hydrogen-bond acceptors (Lipinski definition) is 4. The van der Waals surface area contributed by atoms with Crippen molar-refractivity contribution in [2.24, 2.45) is 0 Å². The minimum Gasteiger partial charge on any atom is -0.393 e. The molecule has 2 N–H and O–H groups in total. The van der Waals surface area contributed by atoms with Crippen molar-refractivity contribution in [3.8, 4) is 0 Å². The summed E-state index contributed by atoms with van der Waals surface area (Å²) < 4.78 is 0. The average Bonchev–Trinajstić information content (AvgIpc) is 2.65. The Kier molecular flexibility index (Phi) is 4.90. The zero-order valence-electron chi connectivity index (χ0n) is 8.79. The molecule has 80 valence electrons. The van der Waals surface area contributed by atoms with Gasteiger partial charge in [-0.3, -0.25) is 0 Å². The molecule has 3 nitrogen and oxygen atoms in total. The van der Waals surface area contributed by atoms with Crippen molar-refractivity contribution >= 4 is 16.5 Å². The first-order chi connectivity index (χ1) is 6.76. The third-order valence-electron chi connectivity index (χ3n) is 2.14. The molecule has 0 bridgehead atoms. The number of anilines is 1. The second kappa shape index (κ2) is 5.98. The van der Waals surface area contributed by atoms with E-state index in [-0.39, 0.29) is 6.10 Å². The molecule has 14 heavy (non-hydrogen) atoms. The Labute approximate surface area is 89.2 Å². The van der Waals surface area contributed by atoms with E-state index in [2.05, 4.69) is 22.6 Å². The fraction of sp³-hybridized carbons (Fsp3) is 0.700. The van der Waals surface area contributed by atoms with Crippen LogP contribution in [0.5, 0.6) is 0 Å². The Morgan fingerprint density at radius 3 is 2.93 bits per heavy atom. The lowest BCUT2D eigenvalue weighted by atomic mass is 10.2. The van der Waals surface area contributed by atoms with Gasteiger partial charge in [0.2, 0.25) is 0 Å². The first-order valence-corrected chi connectivity index (χ1v) is 6.00. The summed E-state index contributed by atoms with van der Waals surface area (Å²) in [6, 6.07) is 0. The van der Waals surface area contributed by atoms with Crippen LogP contribution >= 0.6 is 11.3 Å². The molecule has 0 amide bonds. The van der Waals surface area contributed by atoms with E-state index in [1.54, 1.807) is 11.3 Å². The molecule has 0 aliphatic heterocycles. The van der Waals surface area contributed by atoms with Crippen molar-refractivity contribution < 1.29 is 5.11 Å². The van der Waals surface area contributed by atoms with Gasteiger partial charge < -0.3 is 10.4 Å². The Bertz CT molecular complexity index is 262. The molecular weight excluding hydrogens is 196 g/mol. The largest absolute Gasteiger partial charge is 0.393 e. The van der Waals surface area contributed by atoms with Crippen LogP contribution in [0.15, 0.2) is 5.38 Å². The van der Waals surface area contributed by atoms with Gasteiger partial charge in [-0.15, -0.1) is 11.3 Å². The Morgan fingerprint density at radius 2 is 2.36 bits per heavy atom. The number of aryl methyl sites for hydroxylation is 1. The number of aliphatic hydroxyl groups is 1. The van der Waals surface area contributed by atoms with E-state index in [1.807, 2.05) is 6.92 Å². The number of thiazole rings is 1. The summed E-state index contributed by atoms with van der Waals surface area (Å²) in [6.45, 7) is 4.88. The van der Waals surface area contributed by atoms with Crippen molar-refractivity contribution in [1.82, 2.24) is 4.98 Å². The first-order valence-electron chi connectivity index (χ1n) is 5.12. The van der Waals surface area contributed by atoms with Crippen LogP contribution in [0.4, 0.5) is 5.13 Å². The molecule has 0 aromatic carbocycles. The number of rotatable bonds is 6. The van der Waals surface area contributed by atoms with Gasteiger partial charge in [-0.05, 0) is 19.3 Å². The van der Waals surface area contributed by atoms with E-state index in [9.17, 15) is 5.11 Å². The Morgan fingerprint density at radius 1 is 1.57 bits per heavy atom. The van der Waals surface area contributed by atoms with Gasteiger partial charge >= 0.3 is 0 Å². The Balaban J connectivity index is 2.24. The normalized spacial score (nSPS) is 12.8. The zero-order valence-corrected chi connectivity index (χ0v) is 9.60. The average molecular weight is 214 g/mol. The monoisotopic (exact) mass is 214 g/mol. The third kappa shape index (κ3) is 3.64. The van der Waals surface area contributed by atoms with Gasteiger partial charge in [-0.2, -0.15) is 0 Å². The summed E-state index contributed by atoms with van der Waals surface area (Å²) in [7, 11) is 0. The predicted octanol–water partition coefficient (Wildman–Crippen LogP) is 2.28. The van der Waals surface area contributed by atoms with Crippen molar-refractivity contribution in [3.63, 3.8) is 0 Å². The quantitative estimate of drug-likeness (QED) is 0.763. The number of aromatic nitrogens is 1. The van der Waals surface area contributed by atoms with Crippen LogP contribution in [0.25, 0.3) is 0 Å². The molecule has 1 heterocycles. The van der Waals surface area contributed by atoms with E-state index in [0.717, 1.165) is 36.6 Å². The van der Waals surface area contributed by atoms with Crippen molar-refractivity contribution in [1.29, 1.82) is 0 Å². The molecule has 1 rings (SSSR count). The summed E-state index contributed by atoms with van der Waals surface area (Å²) in [6.07, 6.45) is 2.40. The van der Waals surface area contributed by atoms with Crippen LogP contribution in [0.2, 0.25) is 0 Å². The van der Waals surface area contributed by atoms with Crippen LogP contribution < -0.4 is 5.32 Å². The molecule has 1 aromatic rings. The highest BCUT2D eigenvalue weighted by Gasteiger charge is 2.02. The lowest BCUT2D eigenvalue weighted by Crippen LogP contribution is -2.12.